The average Bonchev–Trinajstić information content (AvgIpc) is 2.77. The van der Waals surface area contributed by atoms with Crippen molar-refractivity contribution in [2.24, 2.45) is 0 Å². The third-order valence-electron chi connectivity index (χ3n) is 2.64. The van der Waals surface area contributed by atoms with Gasteiger partial charge in [0.15, 0.2) is 0 Å². The van der Waals surface area contributed by atoms with Crippen molar-refractivity contribution in [3.63, 3.8) is 0 Å². The van der Waals surface area contributed by atoms with Crippen molar-refractivity contribution in [1.29, 1.82) is 0 Å². The van der Waals surface area contributed by atoms with Crippen LogP contribution >= 0.6 is 11.8 Å². The third-order valence-corrected chi connectivity index (χ3v) is 3.90. The molecule has 0 radical (unpaired) electrons. The van der Waals surface area contributed by atoms with Gasteiger partial charge in [-0.25, -0.2) is 0 Å². The van der Waals surface area contributed by atoms with Crippen molar-refractivity contribution < 1.29 is 5.11 Å². The zero-order valence-corrected chi connectivity index (χ0v) is 8.81. The number of aliphatic hydroxyl groups is 1. The smallest absolute Gasteiger partial charge is 0.145 e. The van der Waals surface area contributed by atoms with Crippen LogP contribution in [0.4, 0.5) is 0 Å². The lowest BCUT2D eigenvalue weighted by atomic mass is 10.00. The highest BCUT2D eigenvalue weighted by atomic mass is 32.2. The summed E-state index contributed by atoms with van der Waals surface area (Å²) in [7, 11) is 0. The molecule has 0 amide bonds. The highest BCUT2D eigenvalue weighted by molar-refractivity contribution is 8.08. The molecule has 2 heteroatoms. The van der Waals surface area contributed by atoms with E-state index >= 15 is 0 Å². The second-order valence-corrected chi connectivity index (χ2v) is 5.22. The molecule has 1 aliphatic heterocycles. The molecule has 1 fully saturated rings. The van der Waals surface area contributed by atoms with Gasteiger partial charge in [0.25, 0.3) is 0 Å². The van der Waals surface area contributed by atoms with E-state index < -0.39 is 4.93 Å². The SMILES string of the molecule is CCCCCC1=CC2SC2(O)C=C1. The van der Waals surface area contributed by atoms with Crippen molar-refractivity contribution in [2.75, 3.05) is 0 Å². The van der Waals surface area contributed by atoms with Gasteiger partial charge in [-0.2, -0.15) is 0 Å². The highest BCUT2D eigenvalue weighted by Crippen LogP contribution is 2.55. The maximum Gasteiger partial charge on any atom is 0.145 e. The summed E-state index contributed by atoms with van der Waals surface area (Å²) in [5.41, 5.74) is 1.41. The van der Waals surface area contributed by atoms with Gasteiger partial charge in [-0.3, -0.25) is 0 Å². The minimum Gasteiger partial charge on any atom is -0.374 e. The van der Waals surface area contributed by atoms with Crippen LogP contribution in [0.1, 0.15) is 32.6 Å². The first-order valence-corrected chi connectivity index (χ1v) is 5.93. The molecule has 1 heterocycles. The number of unbranched alkanes of at least 4 members (excludes halogenated alkanes) is 2. The number of hydrogen-bond donors (Lipinski definition) is 1. The molecule has 72 valence electrons. The summed E-state index contributed by atoms with van der Waals surface area (Å²) in [6, 6.07) is 0. The largest absolute Gasteiger partial charge is 0.374 e. The number of fused-ring (bicyclic) bond motifs is 1. The Morgan fingerprint density at radius 3 is 3.08 bits per heavy atom. The van der Waals surface area contributed by atoms with Crippen molar-refractivity contribution in [3.05, 3.63) is 23.8 Å². The molecule has 2 atom stereocenters. The molecular weight excluding hydrogens is 180 g/mol. The van der Waals surface area contributed by atoms with Gasteiger partial charge in [0.05, 0.1) is 5.25 Å². The molecule has 0 saturated carbocycles. The lowest BCUT2D eigenvalue weighted by Gasteiger charge is -2.08. The number of rotatable bonds is 4. The zero-order chi connectivity index (χ0) is 9.31. The molecule has 2 aliphatic rings. The number of allylic oxidation sites excluding steroid dienone is 2. The molecule has 2 rings (SSSR count). The van der Waals surface area contributed by atoms with Crippen LogP contribution in [0.2, 0.25) is 0 Å². The quantitative estimate of drug-likeness (QED) is 0.551. The molecule has 0 aromatic carbocycles. The fourth-order valence-corrected chi connectivity index (χ4v) is 2.55. The molecule has 2 unspecified atom stereocenters. The van der Waals surface area contributed by atoms with Gasteiger partial charge in [-0.05, 0) is 18.9 Å². The highest BCUT2D eigenvalue weighted by Gasteiger charge is 2.52. The van der Waals surface area contributed by atoms with E-state index in [9.17, 15) is 5.11 Å². The summed E-state index contributed by atoms with van der Waals surface area (Å²) in [6.07, 6.45) is 11.3. The second-order valence-electron chi connectivity index (χ2n) is 3.82. The van der Waals surface area contributed by atoms with E-state index in [4.69, 9.17) is 0 Å². The summed E-state index contributed by atoms with van der Waals surface area (Å²) >= 11 is 1.64. The van der Waals surface area contributed by atoms with Crippen LogP contribution in [0, 0.1) is 0 Å². The molecule has 0 bridgehead atoms. The normalized spacial score (nSPS) is 35.5. The average molecular weight is 196 g/mol. The summed E-state index contributed by atoms with van der Waals surface area (Å²) in [5, 5.41) is 10.0. The molecule has 1 N–H and O–H groups in total. The molecule has 13 heavy (non-hydrogen) atoms. The van der Waals surface area contributed by atoms with E-state index in [1.807, 2.05) is 6.08 Å². The fourth-order valence-electron chi connectivity index (χ4n) is 1.68. The van der Waals surface area contributed by atoms with Crippen LogP contribution in [0.25, 0.3) is 0 Å². The Kier molecular flexibility index (Phi) is 2.52. The molecule has 1 nitrogen and oxygen atoms in total. The van der Waals surface area contributed by atoms with Gasteiger partial charge < -0.3 is 5.11 Å². The third kappa shape index (κ3) is 2.00. The Hall–Kier alpha value is -0.210. The Bertz CT molecular complexity index is 257. The molecular formula is C11H16OS. The van der Waals surface area contributed by atoms with Crippen LogP contribution in [0.3, 0.4) is 0 Å². The minimum absolute atomic E-state index is 0.356. The van der Waals surface area contributed by atoms with E-state index in [-0.39, 0.29) is 0 Å². The van der Waals surface area contributed by atoms with Crippen molar-refractivity contribution in [2.45, 2.75) is 42.8 Å². The zero-order valence-electron chi connectivity index (χ0n) is 7.99. The first-order chi connectivity index (χ1) is 6.24. The van der Waals surface area contributed by atoms with Crippen molar-refractivity contribution >= 4 is 11.8 Å². The maximum absolute atomic E-state index is 9.67. The lowest BCUT2D eigenvalue weighted by Crippen LogP contribution is -2.11. The summed E-state index contributed by atoms with van der Waals surface area (Å²) in [5.74, 6) is 0. The molecule has 0 spiro atoms. The van der Waals surface area contributed by atoms with Gasteiger partial charge in [-0.1, -0.05) is 37.5 Å². The van der Waals surface area contributed by atoms with Gasteiger partial charge >= 0.3 is 0 Å². The summed E-state index contributed by atoms with van der Waals surface area (Å²) in [4.78, 5) is -0.520. The summed E-state index contributed by atoms with van der Waals surface area (Å²) in [6.45, 7) is 2.22. The Balaban J connectivity index is 1.83. The lowest BCUT2D eigenvalue weighted by molar-refractivity contribution is 0.228. The van der Waals surface area contributed by atoms with Crippen molar-refractivity contribution in [3.8, 4) is 0 Å². The number of hydrogen-bond acceptors (Lipinski definition) is 2. The Labute approximate surface area is 83.9 Å². The monoisotopic (exact) mass is 196 g/mol. The van der Waals surface area contributed by atoms with Crippen LogP contribution in [0.5, 0.6) is 0 Å². The van der Waals surface area contributed by atoms with Crippen LogP contribution in [-0.4, -0.2) is 15.3 Å². The van der Waals surface area contributed by atoms with Gasteiger partial charge in [0.2, 0.25) is 0 Å². The Morgan fingerprint density at radius 2 is 2.38 bits per heavy atom. The van der Waals surface area contributed by atoms with E-state index in [1.54, 1.807) is 11.8 Å². The van der Waals surface area contributed by atoms with Crippen molar-refractivity contribution in [1.82, 2.24) is 0 Å². The van der Waals surface area contributed by atoms with Gasteiger partial charge in [-0.15, -0.1) is 11.8 Å². The minimum atomic E-state index is -0.520. The summed E-state index contributed by atoms with van der Waals surface area (Å²) < 4.78 is 0. The van der Waals surface area contributed by atoms with Crippen LogP contribution in [-0.2, 0) is 0 Å². The van der Waals surface area contributed by atoms with Crippen LogP contribution in [0.15, 0.2) is 23.8 Å². The Morgan fingerprint density at radius 1 is 1.54 bits per heavy atom. The van der Waals surface area contributed by atoms with Crippen LogP contribution < -0.4 is 0 Å². The van der Waals surface area contributed by atoms with Gasteiger partial charge in [0, 0.05) is 0 Å². The first-order valence-electron chi connectivity index (χ1n) is 5.05. The predicted molar refractivity (Wildman–Crippen MR) is 57.7 cm³/mol. The topological polar surface area (TPSA) is 20.2 Å². The molecule has 0 aromatic rings. The molecule has 1 aliphatic carbocycles. The van der Waals surface area contributed by atoms with E-state index in [0.717, 1.165) is 0 Å². The molecule has 1 saturated heterocycles. The second kappa shape index (κ2) is 3.50. The molecule has 0 aromatic heterocycles. The van der Waals surface area contributed by atoms with Gasteiger partial charge in [0.1, 0.15) is 4.93 Å². The predicted octanol–water partition coefficient (Wildman–Crippen LogP) is 2.87. The maximum atomic E-state index is 9.67. The van der Waals surface area contributed by atoms with E-state index in [0.29, 0.717) is 5.25 Å². The fraction of sp³-hybridized carbons (Fsp3) is 0.636. The van der Waals surface area contributed by atoms with E-state index in [1.165, 1.54) is 31.3 Å². The van der Waals surface area contributed by atoms with E-state index in [2.05, 4.69) is 19.1 Å². The first kappa shape index (κ1) is 9.35. The standard InChI is InChI=1S/C11H16OS/c1-2-3-4-5-9-6-7-11(12)10(8-9)13-11/h6-8,10,12H,2-5H2,1H3. The number of thioether (sulfide) groups is 1.